The van der Waals surface area contributed by atoms with E-state index in [4.69, 9.17) is 0 Å². The van der Waals surface area contributed by atoms with E-state index in [1.54, 1.807) is 0 Å². The van der Waals surface area contributed by atoms with Crippen LogP contribution in [0.1, 0.15) is 56.6 Å². The number of hydrogen-bond donors (Lipinski definition) is 2. The minimum absolute atomic E-state index is 0. The van der Waals surface area contributed by atoms with E-state index in [-0.39, 0.29) is 13.3 Å². The van der Waals surface area contributed by atoms with Gasteiger partial charge in [0.05, 0.1) is 0 Å². The normalized spacial score (nSPS) is 14.5. The summed E-state index contributed by atoms with van der Waals surface area (Å²) in [7, 11) is 0. The summed E-state index contributed by atoms with van der Waals surface area (Å²) < 4.78 is 0. The van der Waals surface area contributed by atoms with Crippen LogP contribution < -0.4 is 10.6 Å². The van der Waals surface area contributed by atoms with Crippen LogP contribution in [0.5, 0.6) is 0 Å². The number of piperidine rings is 1. The van der Waals surface area contributed by atoms with E-state index >= 15 is 0 Å². The van der Waals surface area contributed by atoms with Crippen LogP contribution in [-0.2, 0) is 11.2 Å². The molecule has 3 nitrogen and oxygen atoms in total. The maximum absolute atomic E-state index is 12.2. The topological polar surface area (TPSA) is 41.1 Å². The quantitative estimate of drug-likeness (QED) is 0.677. The van der Waals surface area contributed by atoms with Gasteiger partial charge in [-0.2, -0.15) is 0 Å². The Labute approximate surface area is 158 Å². The maximum atomic E-state index is 12.2. The highest BCUT2D eigenvalue weighted by atomic mass is 16.1. The number of carbonyl (C=O) groups is 1. The summed E-state index contributed by atoms with van der Waals surface area (Å²) in [6, 6.07) is 18.8. The number of unbranched alkanes of at least 4 members (excludes halogenated alkanes) is 1. The van der Waals surface area contributed by atoms with Gasteiger partial charge in [0.25, 0.3) is 0 Å². The summed E-state index contributed by atoms with van der Waals surface area (Å²) in [5, 5.41) is 6.47. The first-order valence-electron chi connectivity index (χ1n) is 9.46. The largest absolute Gasteiger partial charge is 0.326 e. The Hall–Kier alpha value is -2.13. The van der Waals surface area contributed by atoms with Crippen molar-refractivity contribution in [2.75, 3.05) is 18.4 Å². The second-order valence-corrected chi connectivity index (χ2v) is 6.89. The van der Waals surface area contributed by atoms with E-state index in [2.05, 4.69) is 53.1 Å². The number of aryl methyl sites for hydroxylation is 1. The number of carbonyl (C=O) groups excluding carboxylic acids is 1. The van der Waals surface area contributed by atoms with Gasteiger partial charge in [-0.25, -0.2) is 0 Å². The molecule has 0 aliphatic carbocycles. The van der Waals surface area contributed by atoms with Crippen molar-refractivity contribution in [2.24, 2.45) is 0 Å². The smallest absolute Gasteiger partial charge is 0.224 e. The van der Waals surface area contributed by atoms with E-state index in [0.29, 0.717) is 12.3 Å². The first-order valence-corrected chi connectivity index (χ1v) is 9.46. The molecule has 0 spiro atoms. The summed E-state index contributed by atoms with van der Waals surface area (Å²) in [6.07, 6.45) is 5.96. The molecule has 140 valence electrons. The van der Waals surface area contributed by atoms with Crippen molar-refractivity contribution in [3.63, 3.8) is 0 Å². The van der Waals surface area contributed by atoms with Gasteiger partial charge < -0.3 is 10.6 Å². The molecule has 0 aromatic heterocycles. The van der Waals surface area contributed by atoms with Gasteiger partial charge in [-0.15, -0.1) is 0 Å². The minimum Gasteiger partial charge on any atom is -0.326 e. The molecule has 26 heavy (non-hydrogen) atoms. The van der Waals surface area contributed by atoms with E-state index in [1.807, 2.05) is 12.1 Å². The second-order valence-electron chi connectivity index (χ2n) is 6.89. The van der Waals surface area contributed by atoms with Crippen LogP contribution in [0, 0.1) is 0 Å². The maximum Gasteiger partial charge on any atom is 0.224 e. The number of hydrogen-bond acceptors (Lipinski definition) is 2. The standard InChI is InChI=1S/C22H28N2O.CH4/c25-22(12-5-4-9-18-7-2-1-3-8-18)24-21-11-6-10-20(17-21)19-13-15-23-16-14-19;/h1-3,6-8,10-11,17,19,23H,4-5,9,12-16H2,(H,24,25);1H4. The highest BCUT2D eigenvalue weighted by Crippen LogP contribution is 2.27. The Morgan fingerprint density at radius 1 is 1.00 bits per heavy atom. The molecule has 3 rings (SSSR count). The fourth-order valence-corrected chi connectivity index (χ4v) is 3.51. The molecule has 3 heteroatoms. The molecule has 1 aliphatic heterocycles. The Balaban J connectivity index is 0.00000243. The van der Waals surface area contributed by atoms with E-state index in [0.717, 1.165) is 38.0 Å². The predicted molar refractivity (Wildman–Crippen MR) is 111 cm³/mol. The molecule has 0 atom stereocenters. The lowest BCUT2D eigenvalue weighted by Gasteiger charge is -2.23. The molecule has 1 fully saturated rings. The van der Waals surface area contributed by atoms with Crippen LogP contribution in [0.15, 0.2) is 54.6 Å². The number of benzene rings is 2. The summed E-state index contributed by atoms with van der Waals surface area (Å²) in [4.78, 5) is 12.2. The van der Waals surface area contributed by atoms with Gasteiger partial charge in [-0.05, 0) is 74.4 Å². The molecule has 2 N–H and O–H groups in total. The summed E-state index contributed by atoms with van der Waals surface area (Å²) in [6.45, 7) is 2.17. The summed E-state index contributed by atoms with van der Waals surface area (Å²) in [5.74, 6) is 0.736. The first kappa shape index (κ1) is 20.2. The SMILES string of the molecule is C.O=C(CCCCc1ccccc1)Nc1cccc(C2CCNCC2)c1. The molecule has 0 unspecified atom stereocenters. The molecule has 1 amide bonds. The van der Waals surface area contributed by atoms with Crippen molar-refractivity contribution in [2.45, 2.75) is 51.9 Å². The van der Waals surface area contributed by atoms with Crippen molar-refractivity contribution < 1.29 is 4.79 Å². The van der Waals surface area contributed by atoms with Crippen LogP contribution in [0.4, 0.5) is 5.69 Å². The van der Waals surface area contributed by atoms with E-state index in [9.17, 15) is 4.79 Å². The first-order chi connectivity index (χ1) is 12.3. The van der Waals surface area contributed by atoms with E-state index < -0.39 is 0 Å². The van der Waals surface area contributed by atoms with Crippen LogP contribution >= 0.6 is 0 Å². The average Bonchev–Trinajstić information content (AvgIpc) is 2.67. The van der Waals surface area contributed by atoms with Crippen LogP contribution in [0.2, 0.25) is 0 Å². The Bertz CT molecular complexity index is 663. The summed E-state index contributed by atoms with van der Waals surface area (Å²) >= 11 is 0. The molecular weight excluding hydrogens is 320 g/mol. The molecule has 1 heterocycles. The Morgan fingerprint density at radius 2 is 1.77 bits per heavy atom. The Morgan fingerprint density at radius 3 is 2.54 bits per heavy atom. The second kappa shape index (κ2) is 10.8. The van der Waals surface area contributed by atoms with Crippen molar-refractivity contribution in [3.05, 3.63) is 65.7 Å². The van der Waals surface area contributed by atoms with Crippen LogP contribution in [0.3, 0.4) is 0 Å². The van der Waals surface area contributed by atoms with Crippen molar-refractivity contribution >= 4 is 11.6 Å². The lowest BCUT2D eigenvalue weighted by Crippen LogP contribution is -2.26. The predicted octanol–water partition coefficient (Wildman–Crippen LogP) is 5.14. The monoisotopic (exact) mass is 352 g/mol. The molecule has 1 aliphatic rings. The number of rotatable bonds is 7. The van der Waals surface area contributed by atoms with Gasteiger partial charge in [0.2, 0.25) is 5.91 Å². The van der Waals surface area contributed by atoms with Crippen molar-refractivity contribution in [1.82, 2.24) is 5.32 Å². The molecule has 0 saturated carbocycles. The van der Waals surface area contributed by atoms with Crippen LogP contribution in [-0.4, -0.2) is 19.0 Å². The number of anilines is 1. The van der Waals surface area contributed by atoms with Gasteiger partial charge >= 0.3 is 0 Å². The minimum atomic E-state index is 0. The third-order valence-corrected chi connectivity index (χ3v) is 4.94. The number of amides is 1. The molecule has 0 bridgehead atoms. The van der Waals surface area contributed by atoms with Gasteiger partial charge in [0, 0.05) is 12.1 Å². The van der Waals surface area contributed by atoms with Crippen LogP contribution in [0.25, 0.3) is 0 Å². The van der Waals surface area contributed by atoms with Gasteiger partial charge in [0.1, 0.15) is 0 Å². The van der Waals surface area contributed by atoms with Gasteiger partial charge in [0.15, 0.2) is 0 Å². The molecule has 1 saturated heterocycles. The van der Waals surface area contributed by atoms with Gasteiger partial charge in [-0.3, -0.25) is 4.79 Å². The molecular formula is C23H32N2O. The third kappa shape index (κ3) is 6.30. The fourth-order valence-electron chi connectivity index (χ4n) is 3.51. The van der Waals surface area contributed by atoms with Crippen molar-refractivity contribution in [1.29, 1.82) is 0 Å². The van der Waals surface area contributed by atoms with Crippen molar-refractivity contribution in [3.8, 4) is 0 Å². The van der Waals surface area contributed by atoms with Gasteiger partial charge in [-0.1, -0.05) is 49.9 Å². The molecule has 2 aromatic carbocycles. The lowest BCUT2D eigenvalue weighted by atomic mass is 9.90. The highest BCUT2D eigenvalue weighted by molar-refractivity contribution is 5.90. The zero-order valence-electron chi connectivity index (χ0n) is 14.8. The number of nitrogens with one attached hydrogen (secondary N) is 2. The third-order valence-electron chi connectivity index (χ3n) is 4.94. The zero-order chi connectivity index (χ0) is 17.3. The lowest BCUT2D eigenvalue weighted by molar-refractivity contribution is -0.116. The average molecular weight is 353 g/mol. The summed E-state index contributed by atoms with van der Waals surface area (Å²) in [5.41, 5.74) is 3.63. The fraction of sp³-hybridized carbons (Fsp3) is 0.435. The zero-order valence-corrected chi connectivity index (χ0v) is 14.8. The van der Waals surface area contributed by atoms with E-state index in [1.165, 1.54) is 24.0 Å². The molecule has 0 radical (unpaired) electrons. The molecule has 2 aromatic rings. The highest BCUT2D eigenvalue weighted by Gasteiger charge is 2.15. The Kier molecular flexibility index (Phi) is 8.36.